The molecule has 0 aromatic carbocycles. The number of hydrogen-bond acceptors (Lipinski definition) is 13. The normalized spacial score (nSPS) is 53.9. The summed E-state index contributed by atoms with van der Waals surface area (Å²) >= 11 is 0. The van der Waals surface area contributed by atoms with Crippen LogP contribution in [-0.2, 0) is 23.7 Å². The van der Waals surface area contributed by atoms with Crippen molar-refractivity contribution in [3.63, 3.8) is 0 Å². The number of carbonyl (C=O) groups excluding carboxylic acids is 1. The second kappa shape index (κ2) is 12.7. The van der Waals surface area contributed by atoms with E-state index in [1.165, 1.54) is 5.57 Å². The molecule has 262 valence electrons. The molecule has 2 saturated heterocycles. The molecule has 0 spiro atoms. The zero-order valence-electron chi connectivity index (χ0n) is 26.9. The molecule has 0 unspecified atom stereocenters. The zero-order chi connectivity index (χ0) is 33.3. The van der Waals surface area contributed by atoms with Gasteiger partial charge < -0.3 is 59.8 Å². The summed E-state index contributed by atoms with van der Waals surface area (Å²) in [5, 5.41) is 84.0. The van der Waals surface area contributed by atoms with E-state index in [9.17, 15) is 45.6 Å². The quantitative estimate of drug-likeness (QED) is 0.159. The lowest BCUT2D eigenvalue weighted by Crippen LogP contribution is -2.62. The molecule has 0 amide bonds. The molecule has 2 heterocycles. The van der Waals surface area contributed by atoms with Crippen LogP contribution < -0.4 is 0 Å². The van der Waals surface area contributed by atoms with Crippen LogP contribution in [0.5, 0.6) is 0 Å². The van der Waals surface area contributed by atoms with Crippen LogP contribution in [0.4, 0.5) is 0 Å². The fraction of sp³-hybridized carbons (Fsp3) is 0.909. The predicted octanol–water partition coefficient (Wildman–Crippen LogP) is -0.721. The van der Waals surface area contributed by atoms with E-state index in [4.69, 9.17) is 18.9 Å². The third-order valence-electron chi connectivity index (χ3n) is 13.0. The first-order chi connectivity index (χ1) is 21.7. The number of allylic oxidation sites excluding steroid dienone is 1. The molecule has 4 aliphatic carbocycles. The molecule has 8 N–H and O–H groups in total. The van der Waals surface area contributed by atoms with Crippen LogP contribution in [0.1, 0.15) is 72.1 Å². The third-order valence-corrected chi connectivity index (χ3v) is 13.0. The highest BCUT2D eigenvalue weighted by atomic mass is 16.7. The second-order valence-electron chi connectivity index (χ2n) is 15.2. The van der Waals surface area contributed by atoms with Crippen molar-refractivity contribution < 1.29 is 64.6 Å². The van der Waals surface area contributed by atoms with Gasteiger partial charge in [0.1, 0.15) is 54.6 Å². The van der Waals surface area contributed by atoms with Gasteiger partial charge in [-0.25, -0.2) is 0 Å². The van der Waals surface area contributed by atoms with E-state index < -0.39 is 85.6 Å². The number of fused-ring (bicyclic) bond motifs is 5. The second-order valence-corrected chi connectivity index (χ2v) is 15.2. The first kappa shape index (κ1) is 34.8. The highest BCUT2D eigenvalue weighted by Gasteiger charge is 2.67. The van der Waals surface area contributed by atoms with Crippen LogP contribution >= 0.6 is 0 Å². The lowest BCUT2D eigenvalue weighted by atomic mass is 9.45. The van der Waals surface area contributed by atoms with Gasteiger partial charge in [0.25, 0.3) is 0 Å². The topological polar surface area (TPSA) is 216 Å². The first-order valence-corrected chi connectivity index (χ1v) is 16.9. The number of carbonyl (C=O) groups is 1. The molecule has 6 aliphatic rings. The fourth-order valence-corrected chi connectivity index (χ4v) is 10.1. The Kier molecular flexibility index (Phi) is 9.58. The molecule has 3 saturated carbocycles. The molecule has 0 aromatic heterocycles. The van der Waals surface area contributed by atoms with E-state index in [0.717, 1.165) is 32.1 Å². The Balaban J connectivity index is 1.10. The number of Topliss-reactive ketones (excluding diaryl/α,β-unsaturated/α-hetero) is 1. The van der Waals surface area contributed by atoms with Crippen molar-refractivity contribution in [3.8, 4) is 0 Å². The number of rotatable bonds is 7. The highest BCUT2D eigenvalue weighted by molar-refractivity contribution is 5.80. The zero-order valence-corrected chi connectivity index (χ0v) is 26.9. The van der Waals surface area contributed by atoms with Crippen LogP contribution in [0.25, 0.3) is 0 Å². The molecule has 2 aliphatic heterocycles. The van der Waals surface area contributed by atoms with E-state index >= 15 is 0 Å². The van der Waals surface area contributed by atoms with Crippen molar-refractivity contribution in [2.24, 2.45) is 28.6 Å². The summed E-state index contributed by atoms with van der Waals surface area (Å²) < 4.78 is 23.0. The molecule has 0 radical (unpaired) electrons. The molecule has 0 bridgehead atoms. The maximum absolute atomic E-state index is 12.5. The minimum absolute atomic E-state index is 0.0754. The minimum atomic E-state index is -1.65. The van der Waals surface area contributed by atoms with Crippen LogP contribution in [0.15, 0.2) is 11.6 Å². The summed E-state index contributed by atoms with van der Waals surface area (Å²) in [6, 6.07) is 0. The number of ketones is 1. The Morgan fingerprint density at radius 1 is 0.848 bits per heavy atom. The van der Waals surface area contributed by atoms with Crippen LogP contribution in [0.2, 0.25) is 0 Å². The predicted molar refractivity (Wildman–Crippen MR) is 159 cm³/mol. The molecule has 6 rings (SSSR count). The van der Waals surface area contributed by atoms with Crippen LogP contribution in [0, 0.1) is 28.6 Å². The summed E-state index contributed by atoms with van der Waals surface area (Å²) in [6.07, 6.45) is -6.90. The molecule has 13 heteroatoms. The Labute approximate surface area is 269 Å². The molecule has 5 fully saturated rings. The SMILES string of the molecule is CC(=O)[C@H]1CC[C@]2(O)[C@@H]3CC=C4C[C@@H](O[C@@H]5O[C@H](CO[C@@H]6O[C@H](CO)[C@@H](O)[C@H](O)[C@H]6O)[C@@H](O)[C@H](O)[C@H]5O)CC[C@]4(C)[C@H]3CC[C@]12C. The first-order valence-electron chi connectivity index (χ1n) is 16.9. The molecule has 17 atom stereocenters. The maximum Gasteiger partial charge on any atom is 0.186 e. The molecule has 46 heavy (non-hydrogen) atoms. The van der Waals surface area contributed by atoms with E-state index in [1.807, 2.05) is 0 Å². The van der Waals surface area contributed by atoms with Gasteiger partial charge in [0, 0.05) is 11.3 Å². The van der Waals surface area contributed by atoms with Crippen molar-refractivity contribution in [3.05, 3.63) is 11.6 Å². The van der Waals surface area contributed by atoms with Gasteiger partial charge >= 0.3 is 0 Å². The Hall–Kier alpha value is -1.07. The molecule has 0 aromatic rings. The van der Waals surface area contributed by atoms with E-state index in [1.54, 1.807) is 6.92 Å². The monoisotopic (exact) mass is 656 g/mol. The Morgan fingerprint density at radius 3 is 2.17 bits per heavy atom. The van der Waals surface area contributed by atoms with Crippen molar-refractivity contribution in [2.45, 2.75) is 145 Å². The standard InChI is InChI=1S/C33H52O13/c1-15(35)18-8-11-33(42)20-5-4-16-12-17(6-9-31(16,2)19(20)7-10-32(18,33)3)44-30-28(41)26(39)24(37)22(46-30)14-43-29-27(40)25(38)23(36)21(13-34)45-29/h4,17-30,34,36-42H,5-14H2,1-3H3/t17-,18+,19-,20+,21+,22+,23+,24+,25-,26-,27+,28+,29+,30+,31-,32+,33-/m0/s1. The van der Waals surface area contributed by atoms with Gasteiger partial charge in [0.05, 0.1) is 24.9 Å². The Morgan fingerprint density at radius 2 is 1.50 bits per heavy atom. The summed E-state index contributed by atoms with van der Waals surface area (Å²) in [5.41, 5.74) is -0.191. The molecular weight excluding hydrogens is 604 g/mol. The summed E-state index contributed by atoms with van der Waals surface area (Å²) in [5.74, 6) is 0.407. The molecular formula is C33H52O13. The van der Waals surface area contributed by atoms with Crippen LogP contribution in [-0.4, -0.2) is 133 Å². The lowest BCUT2D eigenvalue weighted by molar-refractivity contribution is -0.336. The van der Waals surface area contributed by atoms with E-state index in [2.05, 4.69) is 19.9 Å². The third kappa shape index (κ3) is 5.43. The van der Waals surface area contributed by atoms with Gasteiger partial charge in [-0.3, -0.25) is 4.79 Å². The highest BCUT2D eigenvalue weighted by Crippen LogP contribution is 2.68. The van der Waals surface area contributed by atoms with E-state index in [-0.39, 0.29) is 35.1 Å². The van der Waals surface area contributed by atoms with Gasteiger partial charge in [-0.2, -0.15) is 0 Å². The van der Waals surface area contributed by atoms with Crippen molar-refractivity contribution in [1.29, 1.82) is 0 Å². The average Bonchev–Trinajstić information content (AvgIpc) is 3.31. The van der Waals surface area contributed by atoms with Crippen molar-refractivity contribution >= 4 is 5.78 Å². The van der Waals surface area contributed by atoms with Crippen molar-refractivity contribution in [1.82, 2.24) is 0 Å². The Bertz CT molecular complexity index is 1160. The number of aliphatic hydroxyl groups is 8. The lowest BCUT2D eigenvalue weighted by Gasteiger charge is -2.61. The number of hydrogen-bond donors (Lipinski definition) is 8. The largest absolute Gasteiger partial charge is 0.394 e. The maximum atomic E-state index is 12.5. The van der Waals surface area contributed by atoms with Gasteiger partial charge in [-0.05, 0) is 75.5 Å². The number of aliphatic hydroxyl groups excluding tert-OH is 7. The minimum Gasteiger partial charge on any atom is -0.394 e. The van der Waals surface area contributed by atoms with E-state index in [0.29, 0.717) is 19.3 Å². The van der Waals surface area contributed by atoms with Crippen LogP contribution in [0.3, 0.4) is 0 Å². The smallest absolute Gasteiger partial charge is 0.186 e. The van der Waals surface area contributed by atoms with Crippen molar-refractivity contribution in [2.75, 3.05) is 13.2 Å². The summed E-state index contributed by atoms with van der Waals surface area (Å²) in [6.45, 7) is 4.98. The fourth-order valence-electron chi connectivity index (χ4n) is 10.1. The van der Waals surface area contributed by atoms with Gasteiger partial charge in [-0.15, -0.1) is 0 Å². The number of ether oxygens (including phenoxy) is 4. The van der Waals surface area contributed by atoms with Gasteiger partial charge in [0.15, 0.2) is 12.6 Å². The summed E-state index contributed by atoms with van der Waals surface area (Å²) in [4.78, 5) is 12.5. The van der Waals surface area contributed by atoms with Gasteiger partial charge in [-0.1, -0.05) is 25.5 Å². The average molecular weight is 657 g/mol. The molecule has 13 nitrogen and oxygen atoms in total. The summed E-state index contributed by atoms with van der Waals surface area (Å²) in [7, 11) is 0. The van der Waals surface area contributed by atoms with Gasteiger partial charge in [0.2, 0.25) is 0 Å².